The van der Waals surface area contributed by atoms with Crippen LogP contribution in [0.3, 0.4) is 0 Å². The van der Waals surface area contributed by atoms with Gasteiger partial charge in [0.1, 0.15) is 11.1 Å². The van der Waals surface area contributed by atoms with Crippen LogP contribution in [0.4, 0.5) is 30.4 Å². The van der Waals surface area contributed by atoms with Crippen molar-refractivity contribution in [3.8, 4) is 0 Å². The van der Waals surface area contributed by atoms with E-state index < -0.39 is 24.0 Å². The average Bonchev–Trinajstić information content (AvgIpc) is 3.03. The van der Waals surface area contributed by atoms with Crippen molar-refractivity contribution >= 4 is 34.3 Å². The van der Waals surface area contributed by atoms with Gasteiger partial charge in [-0.3, -0.25) is 14.8 Å². The molecule has 1 fully saturated rings. The Labute approximate surface area is 169 Å². The summed E-state index contributed by atoms with van der Waals surface area (Å²) in [7, 11) is 0. The molecular formula is C19H19F3N6O2. The molecule has 4 heterocycles. The van der Waals surface area contributed by atoms with E-state index in [0.717, 1.165) is 0 Å². The number of aromatic nitrogens is 2. The van der Waals surface area contributed by atoms with E-state index in [1.54, 1.807) is 12.1 Å². The van der Waals surface area contributed by atoms with Crippen molar-refractivity contribution in [2.75, 3.05) is 29.0 Å². The summed E-state index contributed by atoms with van der Waals surface area (Å²) >= 11 is 0. The number of fused-ring (bicyclic) bond motifs is 1. The number of furan rings is 1. The predicted octanol–water partition coefficient (Wildman–Crippen LogP) is 2.77. The second-order valence-corrected chi connectivity index (χ2v) is 7.18. The van der Waals surface area contributed by atoms with Crippen molar-refractivity contribution in [3.63, 3.8) is 0 Å². The van der Waals surface area contributed by atoms with E-state index >= 15 is 0 Å². The minimum atomic E-state index is -4.36. The smallest absolute Gasteiger partial charge is 0.393 e. The molecule has 0 spiro atoms. The summed E-state index contributed by atoms with van der Waals surface area (Å²) in [6, 6.07) is 4.15. The van der Waals surface area contributed by atoms with E-state index in [-0.39, 0.29) is 42.2 Å². The monoisotopic (exact) mass is 420 g/mol. The number of halogens is 3. The molecule has 0 bridgehead atoms. The fourth-order valence-electron chi connectivity index (χ4n) is 3.68. The van der Waals surface area contributed by atoms with Gasteiger partial charge in [0, 0.05) is 31.5 Å². The minimum Gasteiger partial charge on any atom is -0.438 e. The fraction of sp³-hybridized carbons (Fsp3) is 0.316. The van der Waals surface area contributed by atoms with Crippen LogP contribution in [-0.4, -0.2) is 41.2 Å². The number of amides is 1. The number of rotatable bonds is 3. The van der Waals surface area contributed by atoms with Gasteiger partial charge in [-0.05, 0) is 24.6 Å². The number of hydrogen-bond donors (Lipinski definition) is 3. The van der Waals surface area contributed by atoms with E-state index in [9.17, 15) is 18.0 Å². The van der Waals surface area contributed by atoms with Crippen molar-refractivity contribution in [2.24, 2.45) is 11.7 Å². The SMILES string of the molecule is Nc1oc2cccnc2c1C(=O)Nc1cnccc1N1CC(N)CC(C(F)(F)F)C1. The van der Waals surface area contributed by atoms with Gasteiger partial charge in [0.25, 0.3) is 5.91 Å². The summed E-state index contributed by atoms with van der Waals surface area (Å²) in [6.45, 7) is -0.0414. The number of piperidine rings is 1. The molecule has 2 unspecified atom stereocenters. The summed E-state index contributed by atoms with van der Waals surface area (Å²) in [6.07, 6.45) is -0.201. The molecule has 0 radical (unpaired) electrons. The van der Waals surface area contributed by atoms with Crippen LogP contribution in [0.25, 0.3) is 11.1 Å². The molecule has 2 atom stereocenters. The molecule has 3 aromatic rings. The fourth-order valence-corrected chi connectivity index (χ4v) is 3.68. The maximum Gasteiger partial charge on any atom is 0.393 e. The Kier molecular flexibility index (Phi) is 4.98. The Morgan fingerprint density at radius 2 is 2.07 bits per heavy atom. The van der Waals surface area contributed by atoms with Gasteiger partial charge in [0.15, 0.2) is 5.58 Å². The van der Waals surface area contributed by atoms with E-state index in [2.05, 4.69) is 15.3 Å². The molecule has 5 N–H and O–H groups in total. The highest BCUT2D eigenvalue weighted by Crippen LogP contribution is 2.37. The lowest BCUT2D eigenvalue weighted by molar-refractivity contribution is -0.177. The molecule has 4 rings (SSSR count). The number of nitrogen functional groups attached to an aromatic ring is 1. The third-order valence-corrected chi connectivity index (χ3v) is 5.03. The Balaban J connectivity index is 1.64. The molecule has 30 heavy (non-hydrogen) atoms. The molecule has 0 saturated carbocycles. The van der Waals surface area contributed by atoms with E-state index in [1.165, 1.54) is 29.6 Å². The largest absolute Gasteiger partial charge is 0.438 e. The number of anilines is 3. The molecule has 1 aliphatic rings. The molecule has 0 aromatic carbocycles. The molecule has 1 saturated heterocycles. The number of nitrogens with one attached hydrogen (secondary N) is 1. The first-order chi connectivity index (χ1) is 14.2. The molecule has 0 aliphatic carbocycles. The standard InChI is InChI=1S/C19H19F3N6O2/c20-19(21,22)10-6-11(23)9-28(8-10)13-3-5-25-7-12(13)27-18(29)15-16-14(30-17(15)24)2-1-4-26-16/h1-5,7,10-11H,6,8-9,23-24H2,(H,27,29). The Hall–Kier alpha value is -3.34. The molecular weight excluding hydrogens is 401 g/mol. The number of hydrogen-bond acceptors (Lipinski definition) is 7. The number of pyridine rings is 2. The predicted molar refractivity (Wildman–Crippen MR) is 105 cm³/mol. The zero-order valence-electron chi connectivity index (χ0n) is 15.7. The first kappa shape index (κ1) is 20.0. The van der Waals surface area contributed by atoms with Crippen LogP contribution in [0.1, 0.15) is 16.8 Å². The maximum atomic E-state index is 13.3. The van der Waals surface area contributed by atoms with Crippen molar-refractivity contribution in [1.82, 2.24) is 9.97 Å². The van der Waals surface area contributed by atoms with Crippen molar-refractivity contribution in [1.29, 1.82) is 0 Å². The first-order valence-electron chi connectivity index (χ1n) is 9.19. The topological polar surface area (TPSA) is 123 Å². The Morgan fingerprint density at radius 1 is 1.27 bits per heavy atom. The van der Waals surface area contributed by atoms with Gasteiger partial charge in [-0.1, -0.05) is 0 Å². The van der Waals surface area contributed by atoms with Crippen LogP contribution < -0.4 is 21.7 Å². The average molecular weight is 420 g/mol. The Morgan fingerprint density at radius 3 is 2.83 bits per heavy atom. The second-order valence-electron chi connectivity index (χ2n) is 7.18. The minimum absolute atomic E-state index is 0.0453. The van der Waals surface area contributed by atoms with Crippen LogP contribution in [0.2, 0.25) is 0 Å². The number of carbonyl (C=O) groups excluding carboxylic acids is 1. The molecule has 158 valence electrons. The zero-order chi connectivity index (χ0) is 21.5. The van der Waals surface area contributed by atoms with E-state index in [1.807, 2.05) is 0 Å². The zero-order valence-corrected chi connectivity index (χ0v) is 15.7. The van der Waals surface area contributed by atoms with Crippen molar-refractivity contribution < 1.29 is 22.4 Å². The van der Waals surface area contributed by atoms with Gasteiger partial charge >= 0.3 is 6.18 Å². The van der Waals surface area contributed by atoms with Crippen LogP contribution in [-0.2, 0) is 0 Å². The van der Waals surface area contributed by atoms with Crippen LogP contribution >= 0.6 is 0 Å². The number of alkyl halides is 3. The Bertz CT molecular complexity index is 1080. The summed E-state index contributed by atoms with van der Waals surface area (Å²) < 4.78 is 45.2. The molecule has 1 amide bonds. The van der Waals surface area contributed by atoms with Crippen molar-refractivity contribution in [2.45, 2.75) is 18.6 Å². The number of nitrogens with two attached hydrogens (primary N) is 2. The van der Waals surface area contributed by atoms with Gasteiger partial charge in [0.05, 0.1) is 23.5 Å². The summed E-state index contributed by atoms with van der Waals surface area (Å²) in [5.41, 5.74) is 13.0. The second kappa shape index (κ2) is 7.48. The number of carbonyl (C=O) groups is 1. The van der Waals surface area contributed by atoms with Crippen LogP contribution in [0.5, 0.6) is 0 Å². The van der Waals surface area contributed by atoms with Gasteiger partial charge in [-0.25, -0.2) is 0 Å². The molecule has 11 heteroatoms. The summed E-state index contributed by atoms with van der Waals surface area (Å²) in [4.78, 5) is 22.5. The third kappa shape index (κ3) is 3.75. The lowest BCUT2D eigenvalue weighted by Crippen LogP contribution is -2.51. The lowest BCUT2D eigenvalue weighted by atomic mass is 9.93. The summed E-state index contributed by atoms with van der Waals surface area (Å²) in [5, 5.41) is 2.67. The lowest BCUT2D eigenvalue weighted by Gasteiger charge is -2.39. The highest BCUT2D eigenvalue weighted by Gasteiger charge is 2.44. The van der Waals surface area contributed by atoms with Gasteiger partial charge in [-0.15, -0.1) is 0 Å². The molecule has 1 aliphatic heterocycles. The highest BCUT2D eigenvalue weighted by molar-refractivity contribution is 6.15. The summed E-state index contributed by atoms with van der Waals surface area (Å²) in [5.74, 6) is -2.27. The normalized spacial score (nSPS) is 19.8. The third-order valence-electron chi connectivity index (χ3n) is 5.03. The molecule has 3 aromatic heterocycles. The van der Waals surface area contributed by atoms with E-state index in [4.69, 9.17) is 15.9 Å². The maximum absolute atomic E-state index is 13.3. The van der Waals surface area contributed by atoms with Gasteiger partial charge in [0.2, 0.25) is 5.88 Å². The quantitative estimate of drug-likeness (QED) is 0.595. The number of nitrogens with zero attached hydrogens (tertiary/aromatic N) is 3. The van der Waals surface area contributed by atoms with Gasteiger partial charge in [-0.2, -0.15) is 13.2 Å². The van der Waals surface area contributed by atoms with Gasteiger partial charge < -0.3 is 26.1 Å². The highest BCUT2D eigenvalue weighted by atomic mass is 19.4. The van der Waals surface area contributed by atoms with Crippen LogP contribution in [0, 0.1) is 5.92 Å². The first-order valence-corrected chi connectivity index (χ1v) is 9.19. The van der Waals surface area contributed by atoms with Crippen molar-refractivity contribution in [3.05, 3.63) is 42.4 Å². The molecule has 8 nitrogen and oxygen atoms in total. The van der Waals surface area contributed by atoms with Crippen LogP contribution in [0.15, 0.2) is 41.2 Å². The van der Waals surface area contributed by atoms with E-state index in [0.29, 0.717) is 11.3 Å².